The van der Waals surface area contributed by atoms with Gasteiger partial charge >= 0.3 is 0 Å². The zero-order chi connectivity index (χ0) is 20.1. The number of amides is 1. The fraction of sp³-hybridized carbons (Fsp3) is 0.304. The number of quaternary nitrogens is 1. The lowest BCUT2D eigenvalue weighted by molar-refractivity contribution is -0.918. The number of nitrogens with one attached hydrogen (secondary N) is 2. The molecule has 1 aliphatic rings. The lowest BCUT2D eigenvalue weighted by Gasteiger charge is -2.29. The molecule has 4 rings (SSSR count). The fourth-order valence-electron chi connectivity index (χ4n) is 3.84. The van der Waals surface area contributed by atoms with Crippen molar-refractivity contribution in [3.8, 4) is 0 Å². The molecule has 1 amide bonds. The molecule has 3 aromatic rings. The number of aromatic nitrogens is 2. The zero-order valence-corrected chi connectivity index (χ0v) is 17.1. The Labute approximate surface area is 176 Å². The van der Waals surface area contributed by atoms with Crippen LogP contribution in [0.1, 0.15) is 34.3 Å². The summed E-state index contributed by atoms with van der Waals surface area (Å²) in [7, 11) is 0. The van der Waals surface area contributed by atoms with Crippen molar-refractivity contribution in [3.05, 3.63) is 88.7 Å². The first-order valence-electron chi connectivity index (χ1n) is 10.1. The van der Waals surface area contributed by atoms with E-state index in [1.165, 1.54) is 11.1 Å². The summed E-state index contributed by atoms with van der Waals surface area (Å²) < 4.78 is 1.81. The fourth-order valence-corrected chi connectivity index (χ4v) is 3.97. The molecule has 0 radical (unpaired) electrons. The molecule has 29 heavy (non-hydrogen) atoms. The second-order valence-corrected chi connectivity index (χ2v) is 8.15. The summed E-state index contributed by atoms with van der Waals surface area (Å²) in [6.45, 7) is 3.78. The van der Waals surface area contributed by atoms with E-state index in [2.05, 4.69) is 34.7 Å². The molecular weight excluding hydrogens is 384 g/mol. The summed E-state index contributed by atoms with van der Waals surface area (Å²) in [5.41, 5.74) is 3.09. The Morgan fingerprint density at radius 3 is 2.52 bits per heavy atom. The molecule has 2 aromatic carbocycles. The molecule has 5 nitrogen and oxygen atoms in total. The van der Waals surface area contributed by atoms with E-state index in [0.717, 1.165) is 37.5 Å². The molecule has 1 aromatic heterocycles. The molecule has 2 N–H and O–H groups in total. The summed E-state index contributed by atoms with van der Waals surface area (Å²) in [4.78, 5) is 14.1. The average Bonchev–Trinajstić information content (AvgIpc) is 3.21. The van der Waals surface area contributed by atoms with Gasteiger partial charge in [-0.25, -0.2) is 0 Å². The first kappa shape index (κ1) is 19.7. The third-order valence-corrected chi connectivity index (χ3v) is 5.73. The van der Waals surface area contributed by atoms with E-state index in [0.29, 0.717) is 12.1 Å². The quantitative estimate of drug-likeness (QED) is 0.657. The van der Waals surface area contributed by atoms with Crippen LogP contribution in [0.5, 0.6) is 0 Å². The highest BCUT2D eigenvalue weighted by Gasteiger charge is 2.24. The van der Waals surface area contributed by atoms with E-state index in [1.807, 2.05) is 41.2 Å². The highest BCUT2D eigenvalue weighted by atomic mass is 35.5. The minimum atomic E-state index is -0.0320. The van der Waals surface area contributed by atoms with Gasteiger partial charge < -0.3 is 10.2 Å². The monoisotopic (exact) mass is 409 g/mol. The van der Waals surface area contributed by atoms with Gasteiger partial charge in [0, 0.05) is 35.7 Å². The van der Waals surface area contributed by atoms with Gasteiger partial charge in [-0.2, -0.15) is 5.10 Å². The van der Waals surface area contributed by atoms with Gasteiger partial charge in [0.2, 0.25) is 0 Å². The maximum atomic E-state index is 12.6. The highest BCUT2D eigenvalue weighted by molar-refractivity contribution is 6.30. The van der Waals surface area contributed by atoms with Crippen LogP contribution in [0.25, 0.3) is 0 Å². The van der Waals surface area contributed by atoms with Crippen LogP contribution in [0.15, 0.2) is 67.0 Å². The van der Waals surface area contributed by atoms with E-state index >= 15 is 0 Å². The van der Waals surface area contributed by atoms with Crippen LogP contribution in [-0.4, -0.2) is 34.8 Å². The maximum absolute atomic E-state index is 12.6. The van der Waals surface area contributed by atoms with Gasteiger partial charge in [-0.05, 0) is 17.7 Å². The Morgan fingerprint density at radius 1 is 1.07 bits per heavy atom. The van der Waals surface area contributed by atoms with Crippen LogP contribution in [0.4, 0.5) is 0 Å². The first-order valence-corrected chi connectivity index (χ1v) is 10.5. The maximum Gasteiger partial charge on any atom is 0.254 e. The number of piperidine rings is 1. The van der Waals surface area contributed by atoms with Crippen LogP contribution < -0.4 is 10.2 Å². The molecule has 2 heterocycles. The van der Waals surface area contributed by atoms with E-state index < -0.39 is 0 Å². The number of hydrogen-bond donors (Lipinski definition) is 2. The number of hydrogen-bond acceptors (Lipinski definition) is 2. The van der Waals surface area contributed by atoms with Crippen molar-refractivity contribution in [1.29, 1.82) is 0 Å². The summed E-state index contributed by atoms with van der Waals surface area (Å²) in [5.74, 6) is -0.0320. The Morgan fingerprint density at radius 2 is 1.79 bits per heavy atom. The predicted octanol–water partition coefficient (Wildman–Crippen LogP) is 2.56. The summed E-state index contributed by atoms with van der Waals surface area (Å²) in [6, 6.07) is 18.4. The van der Waals surface area contributed by atoms with Crippen LogP contribution >= 0.6 is 11.6 Å². The van der Waals surface area contributed by atoms with Gasteiger partial charge in [-0.3, -0.25) is 9.48 Å². The normalized spacial score (nSPS) is 19.1. The van der Waals surface area contributed by atoms with Crippen molar-refractivity contribution in [2.75, 3.05) is 13.1 Å². The molecule has 6 heteroatoms. The van der Waals surface area contributed by atoms with Crippen molar-refractivity contribution in [1.82, 2.24) is 15.1 Å². The Balaban J connectivity index is 1.25. The largest absolute Gasteiger partial charge is 0.349 e. The Hall–Kier alpha value is -2.63. The number of carbonyl (C=O) groups is 1. The van der Waals surface area contributed by atoms with E-state index in [-0.39, 0.29) is 11.9 Å². The highest BCUT2D eigenvalue weighted by Crippen LogP contribution is 2.10. The standard InChI is InChI=1S/C23H25ClN4O/c24-21-8-6-19(7-9-21)15-27-12-10-22(11-13-27)26-23(29)20-14-25-28(17-20)16-18-4-2-1-3-5-18/h1-9,14,17,22H,10-13,15-16H2,(H,26,29)/p+1. The number of rotatable bonds is 6. The molecule has 1 fully saturated rings. The predicted molar refractivity (Wildman–Crippen MR) is 114 cm³/mol. The molecule has 0 unspecified atom stereocenters. The van der Waals surface area contributed by atoms with Gasteiger partial charge in [-0.1, -0.05) is 54.1 Å². The van der Waals surface area contributed by atoms with E-state index in [4.69, 9.17) is 11.6 Å². The van der Waals surface area contributed by atoms with Crippen LogP contribution in [0.2, 0.25) is 5.02 Å². The van der Waals surface area contributed by atoms with Crippen molar-refractivity contribution in [2.45, 2.75) is 32.0 Å². The summed E-state index contributed by atoms with van der Waals surface area (Å²) in [5, 5.41) is 8.29. The summed E-state index contributed by atoms with van der Waals surface area (Å²) in [6.07, 6.45) is 5.46. The second-order valence-electron chi connectivity index (χ2n) is 7.71. The van der Waals surface area contributed by atoms with Gasteiger partial charge in [0.05, 0.1) is 31.4 Å². The second kappa shape index (κ2) is 9.25. The number of likely N-dealkylation sites (tertiary alicyclic amines) is 1. The van der Waals surface area contributed by atoms with Crippen molar-refractivity contribution in [2.24, 2.45) is 0 Å². The van der Waals surface area contributed by atoms with E-state index in [9.17, 15) is 4.79 Å². The first-order chi connectivity index (χ1) is 14.2. The molecule has 0 saturated carbocycles. The lowest BCUT2D eigenvalue weighted by Crippen LogP contribution is -3.12. The van der Waals surface area contributed by atoms with E-state index in [1.54, 1.807) is 11.1 Å². The van der Waals surface area contributed by atoms with Crippen molar-refractivity contribution < 1.29 is 9.69 Å². The van der Waals surface area contributed by atoms with Gasteiger partial charge in [0.1, 0.15) is 6.54 Å². The number of halogens is 1. The number of benzene rings is 2. The van der Waals surface area contributed by atoms with Gasteiger partial charge in [0.15, 0.2) is 0 Å². The third kappa shape index (κ3) is 5.46. The molecule has 0 bridgehead atoms. The molecule has 0 aliphatic carbocycles. The minimum Gasteiger partial charge on any atom is -0.349 e. The van der Waals surface area contributed by atoms with Gasteiger partial charge in [0.25, 0.3) is 5.91 Å². The topological polar surface area (TPSA) is 51.4 Å². The minimum absolute atomic E-state index is 0.0320. The molecule has 0 spiro atoms. The van der Waals surface area contributed by atoms with Gasteiger partial charge in [-0.15, -0.1) is 0 Å². The van der Waals surface area contributed by atoms with Crippen LogP contribution in [-0.2, 0) is 13.1 Å². The Kier molecular flexibility index (Phi) is 6.27. The molecular formula is C23H26ClN4O+. The molecule has 1 saturated heterocycles. The molecule has 0 atom stereocenters. The van der Waals surface area contributed by atoms with Crippen molar-refractivity contribution in [3.63, 3.8) is 0 Å². The number of nitrogens with zero attached hydrogens (tertiary/aromatic N) is 2. The Bertz CT molecular complexity index is 931. The van der Waals surface area contributed by atoms with Crippen molar-refractivity contribution >= 4 is 17.5 Å². The third-order valence-electron chi connectivity index (χ3n) is 5.48. The average molecular weight is 410 g/mol. The summed E-state index contributed by atoms with van der Waals surface area (Å²) >= 11 is 5.96. The number of carbonyl (C=O) groups excluding carboxylic acids is 1. The van der Waals surface area contributed by atoms with Crippen LogP contribution in [0.3, 0.4) is 0 Å². The smallest absolute Gasteiger partial charge is 0.254 e. The molecule has 150 valence electrons. The SMILES string of the molecule is O=C(NC1CC[NH+](Cc2ccc(Cl)cc2)CC1)c1cnn(Cc2ccccc2)c1. The molecule has 1 aliphatic heterocycles. The lowest BCUT2D eigenvalue weighted by atomic mass is 10.0. The van der Waals surface area contributed by atoms with Crippen LogP contribution in [0, 0.1) is 0 Å². The zero-order valence-electron chi connectivity index (χ0n) is 16.4.